The summed E-state index contributed by atoms with van der Waals surface area (Å²) < 4.78 is 29.1. The van der Waals surface area contributed by atoms with Gasteiger partial charge in [0.25, 0.3) is 5.91 Å². The zero-order valence-electron chi connectivity index (χ0n) is 20.0. The Kier molecular flexibility index (Phi) is 7.70. The first-order chi connectivity index (χ1) is 18.1. The quantitative estimate of drug-likeness (QED) is 0.163. The van der Waals surface area contributed by atoms with Crippen LogP contribution >= 0.6 is 0 Å². The Balaban J connectivity index is 1.56. The number of amides is 2. The van der Waals surface area contributed by atoms with E-state index in [1.807, 2.05) is 0 Å². The average molecular weight is 532 g/mol. The second-order valence-electron chi connectivity index (χ2n) is 8.43. The first-order valence-corrected chi connectivity index (χ1v) is 13.0. The first kappa shape index (κ1) is 26.3. The number of sulfonamides is 1. The molecule has 11 heteroatoms. The van der Waals surface area contributed by atoms with Crippen molar-refractivity contribution < 1.29 is 22.4 Å². The third kappa shape index (κ3) is 6.33. The van der Waals surface area contributed by atoms with Gasteiger partial charge in [0.1, 0.15) is 11.9 Å². The lowest BCUT2D eigenvalue weighted by Gasteiger charge is -2.19. The highest BCUT2D eigenvalue weighted by atomic mass is 32.2. The van der Waals surface area contributed by atoms with Crippen molar-refractivity contribution in [1.29, 1.82) is 5.41 Å². The summed E-state index contributed by atoms with van der Waals surface area (Å²) in [5.74, 6) is -1.11. The van der Waals surface area contributed by atoms with E-state index in [9.17, 15) is 18.0 Å². The van der Waals surface area contributed by atoms with Crippen LogP contribution in [0, 0.1) is 5.41 Å². The molecule has 0 aliphatic heterocycles. The molecule has 1 heterocycles. The van der Waals surface area contributed by atoms with Crippen LogP contribution in [-0.4, -0.2) is 32.1 Å². The summed E-state index contributed by atoms with van der Waals surface area (Å²) in [6.07, 6.45) is 1.48. The van der Waals surface area contributed by atoms with E-state index in [0.717, 1.165) is 0 Å². The summed E-state index contributed by atoms with van der Waals surface area (Å²) >= 11 is 0. The number of benzene rings is 3. The van der Waals surface area contributed by atoms with Crippen molar-refractivity contribution in [2.45, 2.75) is 17.4 Å². The topological polar surface area (TPSA) is 181 Å². The summed E-state index contributed by atoms with van der Waals surface area (Å²) in [4.78, 5) is 25.9. The molecule has 0 bridgehead atoms. The predicted molar refractivity (Wildman–Crippen MR) is 143 cm³/mol. The van der Waals surface area contributed by atoms with Crippen LogP contribution in [0.25, 0.3) is 11.1 Å². The summed E-state index contributed by atoms with van der Waals surface area (Å²) in [5, 5.41) is 18.5. The lowest BCUT2D eigenvalue weighted by molar-refractivity contribution is -0.118. The summed E-state index contributed by atoms with van der Waals surface area (Å²) in [6, 6.07) is 21.8. The maximum absolute atomic E-state index is 13.3. The summed E-state index contributed by atoms with van der Waals surface area (Å²) in [7, 11) is -3.93. The van der Waals surface area contributed by atoms with E-state index in [4.69, 9.17) is 20.7 Å². The molecule has 4 aromatic rings. The fourth-order valence-electron chi connectivity index (χ4n) is 3.86. The third-order valence-corrected chi connectivity index (χ3v) is 6.67. The standard InChI is InChI=1S/C27H25N5O5S/c28-25(29)19-6-3-5-17(15-19)16-22(32-27(34)23-8-4-14-37-23)26(33)31-20-12-10-18(11-13-20)21-7-1-2-9-24(21)38(30,35)36/h1-15,22H,16H2,(H3,28,29)(H,31,33)(H,32,34)(H2,30,35,36). The third-order valence-electron chi connectivity index (χ3n) is 5.70. The van der Waals surface area contributed by atoms with E-state index in [-0.39, 0.29) is 22.9 Å². The van der Waals surface area contributed by atoms with Crippen LogP contribution in [0.1, 0.15) is 21.7 Å². The van der Waals surface area contributed by atoms with Gasteiger partial charge in [0.15, 0.2) is 5.76 Å². The Hall–Kier alpha value is -4.74. The molecule has 10 nitrogen and oxygen atoms in total. The van der Waals surface area contributed by atoms with Crippen molar-refractivity contribution in [2.24, 2.45) is 10.9 Å². The van der Waals surface area contributed by atoms with Gasteiger partial charge in [-0.25, -0.2) is 13.6 Å². The maximum atomic E-state index is 13.3. The number of furan rings is 1. The van der Waals surface area contributed by atoms with Crippen molar-refractivity contribution in [1.82, 2.24) is 5.32 Å². The van der Waals surface area contributed by atoms with E-state index in [1.165, 1.54) is 18.4 Å². The molecular weight excluding hydrogens is 506 g/mol. The fourth-order valence-corrected chi connectivity index (χ4v) is 4.62. The van der Waals surface area contributed by atoms with E-state index in [2.05, 4.69) is 10.6 Å². The van der Waals surface area contributed by atoms with Crippen LogP contribution in [0.5, 0.6) is 0 Å². The molecule has 194 valence electrons. The molecule has 0 saturated carbocycles. The molecule has 1 aromatic heterocycles. The van der Waals surface area contributed by atoms with Gasteiger partial charge in [0.2, 0.25) is 15.9 Å². The predicted octanol–water partition coefficient (Wildman–Crippen LogP) is 2.86. The van der Waals surface area contributed by atoms with Crippen LogP contribution < -0.4 is 21.5 Å². The molecule has 0 fully saturated rings. The number of amidine groups is 1. The van der Waals surface area contributed by atoms with E-state index >= 15 is 0 Å². The zero-order chi connectivity index (χ0) is 27.3. The number of primary sulfonamides is 1. The van der Waals surface area contributed by atoms with Crippen molar-refractivity contribution in [2.75, 3.05) is 5.32 Å². The number of nitrogens with one attached hydrogen (secondary N) is 3. The molecule has 4 rings (SSSR count). The van der Waals surface area contributed by atoms with Crippen LogP contribution in [0.4, 0.5) is 5.69 Å². The Morgan fingerprint density at radius 1 is 0.947 bits per heavy atom. The van der Waals surface area contributed by atoms with Gasteiger partial charge in [-0.15, -0.1) is 0 Å². The van der Waals surface area contributed by atoms with Crippen LogP contribution in [0.2, 0.25) is 0 Å². The number of nitrogen functional groups attached to an aromatic ring is 1. The molecule has 2 amide bonds. The lowest BCUT2D eigenvalue weighted by Crippen LogP contribution is -2.45. The smallest absolute Gasteiger partial charge is 0.287 e. The molecule has 0 aliphatic carbocycles. The molecule has 7 N–H and O–H groups in total. The normalized spacial score (nSPS) is 11.9. The summed E-state index contributed by atoms with van der Waals surface area (Å²) in [6.45, 7) is 0. The molecule has 0 radical (unpaired) electrons. The number of hydrogen-bond acceptors (Lipinski definition) is 6. The number of anilines is 1. The van der Waals surface area contributed by atoms with Crippen molar-refractivity contribution in [3.05, 3.63) is 108 Å². The van der Waals surface area contributed by atoms with Gasteiger partial charge in [-0.05, 0) is 47.5 Å². The van der Waals surface area contributed by atoms with Gasteiger partial charge in [-0.1, -0.05) is 48.5 Å². The molecule has 38 heavy (non-hydrogen) atoms. The highest BCUT2D eigenvalue weighted by Gasteiger charge is 2.24. The lowest BCUT2D eigenvalue weighted by atomic mass is 10.0. The van der Waals surface area contributed by atoms with Gasteiger partial charge in [0, 0.05) is 23.2 Å². The van der Waals surface area contributed by atoms with Gasteiger partial charge >= 0.3 is 0 Å². The first-order valence-electron chi connectivity index (χ1n) is 11.4. The number of carbonyl (C=O) groups is 2. The second-order valence-corrected chi connectivity index (χ2v) is 9.96. The minimum absolute atomic E-state index is 0.00900. The van der Waals surface area contributed by atoms with E-state index < -0.39 is 27.9 Å². The molecular formula is C27H25N5O5S. The van der Waals surface area contributed by atoms with Gasteiger partial charge in [0.05, 0.1) is 11.2 Å². The molecule has 0 saturated heterocycles. The van der Waals surface area contributed by atoms with Gasteiger partial charge in [-0.3, -0.25) is 15.0 Å². The summed E-state index contributed by atoms with van der Waals surface area (Å²) in [5.41, 5.74) is 8.23. The van der Waals surface area contributed by atoms with Gasteiger partial charge < -0.3 is 20.8 Å². The molecule has 0 spiro atoms. The molecule has 3 aromatic carbocycles. The van der Waals surface area contributed by atoms with E-state index in [1.54, 1.807) is 72.8 Å². The molecule has 0 aliphatic rings. The molecule has 1 atom stereocenters. The minimum atomic E-state index is -3.93. The van der Waals surface area contributed by atoms with Crippen LogP contribution in [0.3, 0.4) is 0 Å². The van der Waals surface area contributed by atoms with Crippen molar-refractivity contribution >= 4 is 33.4 Å². The monoisotopic (exact) mass is 531 g/mol. The maximum Gasteiger partial charge on any atom is 0.287 e. The number of rotatable bonds is 9. The SMILES string of the molecule is N=C(N)c1cccc(CC(NC(=O)c2ccco2)C(=O)Nc2ccc(-c3ccccc3S(N)(=O)=O)cc2)c1. The number of hydrogen-bond donors (Lipinski definition) is 5. The van der Waals surface area contributed by atoms with Crippen LogP contribution in [0.15, 0.2) is 101 Å². The fraction of sp³-hybridized carbons (Fsp3) is 0.0741. The highest BCUT2D eigenvalue weighted by molar-refractivity contribution is 7.89. The second kappa shape index (κ2) is 11.1. The largest absolute Gasteiger partial charge is 0.459 e. The van der Waals surface area contributed by atoms with Gasteiger partial charge in [-0.2, -0.15) is 0 Å². The van der Waals surface area contributed by atoms with E-state index in [0.29, 0.717) is 27.9 Å². The Morgan fingerprint density at radius 2 is 1.68 bits per heavy atom. The van der Waals surface area contributed by atoms with Crippen molar-refractivity contribution in [3.8, 4) is 11.1 Å². The Labute approximate surface area is 219 Å². The Morgan fingerprint density at radius 3 is 2.34 bits per heavy atom. The molecule has 1 unspecified atom stereocenters. The van der Waals surface area contributed by atoms with Crippen LogP contribution in [-0.2, 0) is 21.2 Å². The zero-order valence-corrected chi connectivity index (χ0v) is 20.9. The minimum Gasteiger partial charge on any atom is -0.459 e. The van der Waals surface area contributed by atoms with Crippen molar-refractivity contribution in [3.63, 3.8) is 0 Å². The number of carbonyl (C=O) groups excluding carboxylic acids is 2. The number of nitrogens with two attached hydrogens (primary N) is 2. The average Bonchev–Trinajstić information content (AvgIpc) is 3.44. The Bertz CT molecular complexity index is 1580. The highest BCUT2D eigenvalue weighted by Crippen LogP contribution is 2.27.